The molecule has 2 bridgehead atoms. The van der Waals surface area contributed by atoms with Crippen molar-refractivity contribution in [1.29, 1.82) is 0 Å². The number of ether oxygens (including phenoxy) is 2. The molecular weight excluding hydrogens is 580 g/mol. The van der Waals surface area contributed by atoms with Crippen LogP contribution < -0.4 is 10.1 Å². The van der Waals surface area contributed by atoms with Gasteiger partial charge in [0, 0.05) is 35.2 Å². The molecule has 0 saturated heterocycles. The molecule has 4 atom stereocenters. The SMILES string of the molecule is Fc1c(Br)cccc1CN[C@@H]1[C@@H]2CC[C@H]1C[C@@H](OCc1c(-c3ccccc3OC(F)(F)F)noc1C1CC1)C2. The summed E-state index contributed by atoms with van der Waals surface area (Å²) in [7, 11) is 0. The standard InChI is InChI=1S/C29H29BrF4N2O3/c30-23-6-3-4-19(25(23)31)14-35-26-17-10-11-18(26)13-20(12-17)37-15-22-27(36-39-28(22)16-8-9-16)21-5-1-2-7-24(21)38-29(32,33)34/h1-7,16-18,20,26,35H,8-15H2/t17-,18+,20+,26-. The summed E-state index contributed by atoms with van der Waals surface area (Å²) in [6.45, 7) is 0.694. The highest BCUT2D eigenvalue weighted by atomic mass is 79.9. The fourth-order valence-corrected chi connectivity index (χ4v) is 6.68. The van der Waals surface area contributed by atoms with Crippen molar-refractivity contribution in [3.8, 4) is 17.0 Å². The number of halogens is 5. The summed E-state index contributed by atoms with van der Waals surface area (Å²) in [4.78, 5) is 0. The van der Waals surface area contributed by atoms with Gasteiger partial charge in [-0.2, -0.15) is 0 Å². The lowest BCUT2D eigenvalue weighted by molar-refractivity contribution is -0.274. The van der Waals surface area contributed by atoms with Crippen LogP contribution in [0.3, 0.4) is 0 Å². The van der Waals surface area contributed by atoms with Crippen LogP contribution in [0.5, 0.6) is 5.75 Å². The van der Waals surface area contributed by atoms with Gasteiger partial charge in [0.25, 0.3) is 0 Å². The highest BCUT2D eigenvalue weighted by Crippen LogP contribution is 2.47. The van der Waals surface area contributed by atoms with Crippen LogP contribution in [0.1, 0.15) is 61.3 Å². The molecule has 3 saturated carbocycles. The lowest BCUT2D eigenvalue weighted by atomic mass is 9.82. The molecule has 10 heteroatoms. The van der Waals surface area contributed by atoms with Crippen LogP contribution in [-0.2, 0) is 17.9 Å². The van der Waals surface area contributed by atoms with E-state index in [1.54, 1.807) is 24.3 Å². The number of aromatic nitrogens is 1. The molecule has 6 rings (SSSR count). The van der Waals surface area contributed by atoms with Crippen molar-refractivity contribution in [2.45, 2.75) is 76.1 Å². The van der Waals surface area contributed by atoms with Crippen LogP contribution >= 0.6 is 15.9 Å². The van der Waals surface area contributed by atoms with E-state index in [-0.39, 0.29) is 35.8 Å². The first-order chi connectivity index (χ1) is 18.8. The van der Waals surface area contributed by atoms with Gasteiger partial charge in [0.05, 0.1) is 17.2 Å². The summed E-state index contributed by atoms with van der Waals surface area (Å²) in [6, 6.07) is 11.6. The number of alkyl halides is 3. The Kier molecular flexibility index (Phi) is 7.45. The quantitative estimate of drug-likeness (QED) is 0.250. The molecule has 3 aliphatic rings. The minimum Gasteiger partial charge on any atom is -0.405 e. The molecule has 2 aromatic carbocycles. The van der Waals surface area contributed by atoms with Gasteiger partial charge in [0.15, 0.2) is 0 Å². The van der Waals surface area contributed by atoms with Crippen LogP contribution in [0.2, 0.25) is 0 Å². The normalized spacial score (nSPS) is 24.7. The molecule has 0 amide bonds. The largest absolute Gasteiger partial charge is 0.573 e. The first-order valence-corrected chi connectivity index (χ1v) is 14.2. The number of nitrogens with one attached hydrogen (secondary N) is 1. The van der Waals surface area contributed by atoms with E-state index in [1.165, 1.54) is 12.1 Å². The molecule has 0 spiro atoms. The molecule has 0 unspecified atom stereocenters. The van der Waals surface area contributed by atoms with E-state index >= 15 is 0 Å². The average molecular weight is 609 g/mol. The zero-order valence-electron chi connectivity index (χ0n) is 21.1. The van der Waals surface area contributed by atoms with Crippen molar-refractivity contribution in [3.63, 3.8) is 0 Å². The molecule has 3 fully saturated rings. The van der Waals surface area contributed by atoms with Gasteiger partial charge < -0.3 is 19.3 Å². The third kappa shape index (κ3) is 5.88. The van der Waals surface area contributed by atoms with E-state index in [9.17, 15) is 17.6 Å². The Balaban J connectivity index is 1.14. The second-order valence-electron chi connectivity index (χ2n) is 10.8. The summed E-state index contributed by atoms with van der Waals surface area (Å²) in [5.41, 5.74) is 1.92. The zero-order chi connectivity index (χ0) is 27.1. The highest BCUT2D eigenvalue weighted by molar-refractivity contribution is 9.10. The van der Waals surface area contributed by atoms with Crippen LogP contribution in [-0.4, -0.2) is 23.7 Å². The van der Waals surface area contributed by atoms with E-state index < -0.39 is 6.36 Å². The van der Waals surface area contributed by atoms with Crippen molar-refractivity contribution < 1.29 is 31.6 Å². The van der Waals surface area contributed by atoms with Crippen LogP contribution in [0.25, 0.3) is 11.3 Å². The molecule has 1 aromatic heterocycles. The first kappa shape index (κ1) is 26.8. The zero-order valence-corrected chi connectivity index (χ0v) is 22.7. The number of hydrogen-bond acceptors (Lipinski definition) is 5. The Morgan fingerprint density at radius 3 is 2.46 bits per heavy atom. The molecular formula is C29H29BrF4N2O3. The Morgan fingerprint density at radius 1 is 1.00 bits per heavy atom. The molecule has 208 valence electrons. The van der Waals surface area contributed by atoms with Gasteiger partial charge in [-0.3, -0.25) is 0 Å². The number of hydrogen-bond donors (Lipinski definition) is 1. The van der Waals surface area contributed by atoms with Gasteiger partial charge in [0.2, 0.25) is 0 Å². The fourth-order valence-electron chi connectivity index (χ4n) is 6.27. The van der Waals surface area contributed by atoms with Crippen molar-refractivity contribution >= 4 is 15.9 Å². The fraction of sp³-hybridized carbons (Fsp3) is 0.483. The molecule has 1 heterocycles. The molecule has 0 radical (unpaired) electrons. The predicted molar refractivity (Wildman–Crippen MR) is 139 cm³/mol. The van der Waals surface area contributed by atoms with Gasteiger partial charge in [-0.05, 0) is 84.5 Å². The Bertz CT molecular complexity index is 1310. The Hall–Kier alpha value is -2.43. The smallest absolute Gasteiger partial charge is 0.405 e. The van der Waals surface area contributed by atoms with E-state index in [4.69, 9.17) is 9.26 Å². The van der Waals surface area contributed by atoms with E-state index in [1.807, 2.05) is 6.07 Å². The summed E-state index contributed by atoms with van der Waals surface area (Å²) < 4.78 is 70.4. The van der Waals surface area contributed by atoms with Crippen LogP contribution in [0, 0.1) is 17.7 Å². The molecule has 1 N–H and O–H groups in total. The maximum absolute atomic E-state index is 14.4. The van der Waals surface area contributed by atoms with Gasteiger partial charge in [0.1, 0.15) is 23.0 Å². The van der Waals surface area contributed by atoms with Crippen molar-refractivity contribution in [2.24, 2.45) is 11.8 Å². The average Bonchev–Trinajstić information content (AvgIpc) is 3.61. The van der Waals surface area contributed by atoms with Crippen LogP contribution in [0.4, 0.5) is 17.6 Å². The monoisotopic (exact) mass is 608 g/mol. The molecule has 3 aromatic rings. The third-order valence-electron chi connectivity index (χ3n) is 8.21. The molecule has 39 heavy (non-hydrogen) atoms. The summed E-state index contributed by atoms with van der Waals surface area (Å²) in [6.07, 6.45) is 1.08. The Morgan fingerprint density at radius 2 is 1.74 bits per heavy atom. The summed E-state index contributed by atoms with van der Waals surface area (Å²) >= 11 is 3.26. The van der Waals surface area contributed by atoms with Gasteiger partial charge in [-0.15, -0.1) is 13.2 Å². The number of fused-ring (bicyclic) bond motifs is 2. The number of rotatable bonds is 9. The van der Waals surface area contributed by atoms with Crippen molar-refractivity contribution in [1.82, 2.24) is 10.5 Å². The minimum absolute atomic E-state index is 0.0274. The predicted octanol–water partition coefficient (Wildman–Crippen LogP) is 7.88. The van der Waals surface area contributed by atoms with Crippen molar-refractivity contribution in [3.05, 3.63) is 69.6 Å². The first-order valence-electron chi connectivity index (χ1n) is 13.4. The van der Waals surface area contributed by atoms with Crippen molar-refractivity contribution in [2.75, 3.05) is 0 Å². The lowest BCUT2D eigenvalue weighted by Gasteiger charge is -2.36. The van der Waals surface area contributed by atoms with Gasteiger partial charge in [-0.1, -0.05) is 29.4 Å². The summed E-state index contributed by atoms with van der Waals surface area (Å²) in [5.74, 6) is 1.22. The molecule has 0 aliphatic heterocycles. The lowest BCUT2D eigenvalue weighted by Crippen LogP contribution is -2.44. The molecule has 5 nitrogen and oxygen atoms in total. The highest BCUT2D eigenvalue weighted by Gasteiger charge is 2.43. The Labute approximate surface area is 232 Å². The van der Waals surface area contributed by atoms with E-state index in [2.05, 4.69) is 31.1 Å². The maximum Gasteiger partial charge on any atom is 0.573 e. The third-order valence-corrected chi connectivity index (χ3v) is 8.83. The van der Waals surface area contributed by atoms with E-state index in [0.29, 0.717) is 51.5 Å². The second kappa shape index (κ2) is 10.9. The van der Waals surface area contributed by atoms with E-state index in [0.717, 1.165) is 38.5 Å². The number of para-hydroxylation sites is 1. The number of benzene rings is 2. The topological polar surface area (TPSA) is 56.5 Å². The minimum atomic E-state index is -4.81. The number of nitrogens with zero attached hydrogens (tertiary/aromatic N) is 1. The van der Waals surface area contributed by atoms with Gasteiger partial charge >= 0.3 is 6.36 Å². The summed E-state index contributed by atoms with van der Waals surface area (Å²) in [5, 5.41) is 7.78. The maximum atomic E-state index is 14.4. The van der Waals surface area contributed by atoms with Crippen LogP contribution in [0.15, 0.2) is 51.5 Å². The molecule has 3 aliphatic carbocycles. The van der Waals surface area contributed by atoms with Gasteiger partial charge in [-0.25, -0.2) is 4.39 Å². The second-order valence-corrected chi connectivity index (χ2v) is 11.7.